The van der Waals surface area contributed by atoms with Crippen LogP contribution in [0, 0.1) is 11.3 Å². The molecule has 0 rings (SSSR count). The molecule has 2 atom stereocenters. The molecule has 0 heterocycles. The van der Waals surface area contributed by atoms with Crippen molar-refractivity contribution >= 4 is 0 Å². The predicted octanol–water partition coefficient (Wildman–Crippen LogP) is 4.68. The predicted molar refractivity (Wildman–Crippen MR) is 79.6 cm³/mol. The minimum Gasteiger partial charge on any atom is -0.365 e. The zero-order valence-electron chi connectivity index (χ0n) is 14.0. The van der Waals surface area contributed by atoms with Crippen molar-refractivity contribution in [3.63, 3.8) is 0 Å². The summed E-state index contributed by atoms with van der Waals surface area (Å²) in [4.78, 5) is 10.7. The zero-order chi connectivity index (χ0) is 15.1. The molecule has 0 aromatic rings. The fourth-order valence-electron chi connectivity index (χ4n) is 2.58. The molecule has 0 aliphatic rings. The lowest BCUT2D eigenvalue weighted by molar-refractivity contribution is -0.425. The molecule has 3 heteroatoms. The molecule has 1 N–H and O–H groups in total. The Balaban J connectivity index is 4.21. The first kappa shape index (κ1) is 18.9. The summed E-state index contributed by atoms with van der Waals surface area (Å²) in [7, 11) is 0. The Hall–Kier alpha value is -0.120. The monoisotopic (exact) mass is 274 g/mol. The van der Waals surface area contributed by atoms with Gasteiger partial charge in [-0.1, -0.05) is 47.5 Å². The highest BCUT2D eigenvalue weighted by Crippen LogP contribution is 2.30. The molecule has 2 unspecified atom stereocenters. The van der Waals surface area contributed by atoms with Gasteiger partial charge in [-0.15, -0.1) is 0 Å². The van der Waals surface area contributed by atoms with Crippen LogP contribution in [0.4, 0.5) is 0 Å². The van der Waals surface area contributed by atoms with Crippen LogP contribution in [-0.4, -0.2) is 17.0 Å². The maximum absolute atomic E-state index is 10.1. The molecule has 0 saturated heterocycles. The first-order valence-electron chi connectivity index (χ1n) is 7.64. The van der Waals surface area contributed by atoms with Crippen molar-refractivity contribution in [3.05, 3.63) is 0 Å². The Labute approximate surface area is 119 Å². The lowest BCUT2D eigenvalue weighted by atomic mass is 9.84. The van der Waals surface area contributed by atoms with Gasteiger partial charge in [-0.25, -0.2) is 9.78 Å². The average Bonchev–Trinajstić information content (AvgIpc) is 2.24. The topological polar surface area (TPSA) is 38.7 Å². The van der Waals surface area contributed by atoms with E-state index in [1.54, 1.807) is 0 Å². The van der Waals surface area contributed by atoms with Crippen LogP contribution >= 0.6 is 0 Å². The van der Waals surface area contributed by atoms with E-state index in [9.17, 15) is 5.11 Å². The van der Waals surface area contributed by atoms with E-state index in [1.165, 1.54) is 0 Å². The van der Waals surface area contributed by atoms with Gasteiger partial charge in [0.2, 0.25) is 0 Å². The van der Waals surface area contributed by atoms with E-state index in [2.05, 4.69) is 34.6 Å². The normalized spacial score (nSPS) is 16.4. The van der Waals surface area contributed by atoms with Gasteiger partial charge in [0, 0.05) is 5.92 Å². The van der Waals surface area contributed by atoms with Crippen molar-refractivity contribution in [1.82, 2.24) is 0 Å². The van der Waals surface area contributed by atoms with Crippen molar-refractivity contribution in [2.75, 3.05) is 0 Å². The molecule has 0 bridgehead atoms. The highest BCUT2D eigenvalue weighted by Gasteiger charge is 2.29. The molecule has 116 valence electrons. The summed E-state index contributed by atoms with van der Waals surface area (Å²) in [6, 6.07) is 0. The number of hydrogen-bond donors (Lipinski definition) is 1. The molecule has 0 aliphatic heterocycles. The van der Waals surface area contributed by atoms with Crippen LogP contribution in [0.25, 0.3) is 0 Å². The molecule has 0 aliphatic carbocycles. The summed E-state index contributed by atoms with van der Waals surface area (Å²) in [5, 5.41) is 10.1. The second-order valence-electron chi connectivity index (χ2n) is 7.38. The molecular weight excluding hydrogens is 240 g/mol. The van der Waals surface area contributed by atoms with Gasteiger partial charge in [0.25, 0.3) is 0 Å². The van der Waals surface area contributed by atoms with Crippen molar-refractivity contribution in [2.45, 2.75) is 92.5 Å². The van der Waals surface area contributed by atoms with E-state index in [0.29, 0.717) is 0 Å². The van der Waals surface area contributed by atoms with Gasteiger partial charge < -0.3 is 5.11 Å². The molecule has 19 heavy (non-hydrogen) atoms. The van der Waals surface area contributed by atoms with Gasteiger partial charge in [-0.2, -0.15) is 0 Å². The Bertz CT molecular complexity index is 231. The molecule has 0 saturated carbocycles. The van der Waals surface area contributed by atoms with E-state index in [1.807, 2.05) is 13.8 Å². The molecule has 0 fully saturated rings. The molecule has 0 aromatic heterocycles. The summed E-state index contributed by atoms with van der Waals surface area (Å²) >= 11 is 0. The van der Waals surface area contributed by atoms with Crippen molar-refractivity contribution in [3.8, 4) is 0 Å². The number of aliphatic hydroxyl groups is 1. The molecular formula is C16H34O3. The number of aliphatic hydroxyl groups excluding tert-OH is 1. The van der Waals surface area contributed by atoms with Gasteiger partial charge in [0.05, 0.1) is 5.60 Å². The van der Waals surface area contributed by atoms with Crippen LogP contribution in [0.3, 0.4) is 0 Å². The van der Waals surface area contributed by atoms with Crippen molar-refractivity contribution < 1.29 is 14.9 Å². The lowest BCUT2D eigenvalue weighted by Crippen LogP contribution is -2.34. The van der Waals surface area contributed by atoms with E-state index < -0.39 is 6.29 Å². The summed E-state index contributed by atoms with van der Waals surface area (Å²) in [5.41, 5.74) is -0.216. The van der Waals surface area contributed by atoms with Crippen LogP contribution in [0.2, 0.25) is 0 Å². The van der Waals surface area contributed by atoms with Crippen molar-refractivity contribution in [2.24, 2.45) is 11.3 Å². The van der Waals surface area contributed by atoms with E-state index in [-0.39, 0.29) is 16.9 Å². The maximum atomic E-state index is 10.1. The third-order valence-corrected chi connectivity index (χ3v) is 3.18. The molecule has 0 aromatic carbocycles. The molecule has 0 radical (unpaired) electrons. The summed E-state index contributed by atoms with van der Waals surface area (Å²) in [6.07, 6.45) is 4.19. The second kappa shape index (κ2) is 8.23. The van der Waals surface area contributed by atoms with Gasteiger partial charge in [-0.3, -0.25) is 0 Å². The van der Waals surface area contributed by atoms with Crippen molar-refractivity contribution in [1.29, 1.82) is 0 Å². The van der Waals surface area contributed by atoms with Crippen LogP contribution < -0.4 is 0 Å². The highest BCUT2D eigenvalue weighted by molar-refractivity contribution is 4.75. The van der Waals surface area contributed by atoms with Crippen LogP contribution in [0.15, 0.2) is 0 Å². The minimum atomic E-state index is -0.823. The molecule has 3 nitrogen and oxygen atoms in total. The molecule has 0 amide bonds. The summed E-state index contributed by atoms with van der Waals surface area (Å²) < 4.78 is 0. The van der Waals surface area contributed by atoms with Crippen LogP contribution in [0.1, 0.15) is 80.6 Å². The highest BCUT2D eigenvalue weighted by atomic mass is 17.2. The van der Waals surface area contributed by atoms with Gasteiger partial charge in [-0.05, 0) is 38.5 Å². The number of hydrogen-bond acceptors (Lipinski definition) is 3. The SMILES string of the molecule is CCCCC(CC)C(O)OOC(C)(C)CC(C)(C)C. The quantitative estimate of drug-likeness (QED) is 0.377. The third-order valence-electron chi connectivity index (χ3n) is 3.18. The fraction of sp³-hybridized carbons (Fsp3) is 1.00. The maximum Gasteiger partial charge on any atom is 0.191 e. The fourth-order valence-corrected chi connectivity index (χ4v) is 2.58. The number of rotatable bonds is 9. The summed E-state index contributed by atoms with van der Waals surface area (Å²) in [5.74, 6) is 0.158. The Kier molecular flexibility index (Phi) is 8.18. The molecule has 0 spiro atoms. The Morgan fingerprint density at radius 2 is 1.63 bits per heavy atom. The van der Waals surface area contributed by atoms with Gasteiger partial charge in [0.1, 0.15) is 0 Å². The second-order valence-corrected chi connectivity index (χ2v) is 7.38. The van der Waals surface area contributed by atoms with Gasteiger partial charge >= 0.3 is 0 Å². The standard InChI is InChI=1S/C16H34O3/c1-8-10-11-13(9-2)14(17)18-19-16(6,7)12-15(3,4)5/h13-14,17H,8-12H2,1-7H3. The van der Waals surface area contributed by atoms with E-state index >= 15 is 0 Å². The average molecular weight is 274 g/mol. The largest absolute Gasteiger partial charge is 0.365 e. The Morgan fingerprint density at radius 1 is 1.05 bits per heavy atom. The number of unbranched alkanes of at least 4 members (excludes halogenated alkanes) is 1. The van der Waals surface area contributed by atoms with Gasteiger partial charge in [0.15, 0.2) is 6.29 Å². The minimum absolute atomic E-state index is 0.158. The van der Waals surface area contributed by atoms with E-state index in [0.717, 1.165) is 32.1 Å². The van der Waals surface area contributed by atoms with Crippen LogP contribution in [-0.2, 0) is 9.78 Å². The van der Waals surface area contributed by atoms with E-state index in [4.69, 9.17) is 9.78 Å². The third kappa shape index (κ3) is 9.42. The summed E-state index contributed by atoms with van der Waals surface area (Å²) in [6.45, 7) is 14.7. The van der Waals surface area contributed by atoms with Crippen LogP contribution in [0.5, 0.6) is 0 Å². The zero-order valence-corrected chi connectivity index (χ0v) is 14.0. The Morgan fingerprint density at radius 3 is 2.05 bits per heavy atom. The first-order valence-corrected chi connectivity index (χ1v) is 7.64. The lowest BCUT2D eigenvalue weighted by Gasteiger charge is -2.32. The first-order chi connectivity index (χ1) is 8.61. The smallest absolute Gasteiger partial charge is 0.191 e.